The fourth-order valence-electron chi connectivity index (χ4n) is 1.68. The molecule has 21 heavy (non-hydrogen) atoms. The molecule has 1 N–H and O–H groups in total. The summed E-state index contributed by atoms with van der Waals surface area (Å²) in [5.41, 5.74) is 0.713. The number of aliphatic carboxylic acids is 1. The van der Waals surface area contributed by atoms with Gasteiger partial charge in [-0.25, -0.2) is 4.79 Å². The van der Waals surface area contributed by atoms with Crippen LogP contribution in [0, 0.1) is 0 Å². The summed E-state index contributed by atoms with van der Waals surface area (Å²) in [6.45, 7) is 0.455. The minimum atomic E-state index is -0.997. The first-order valence-corrected chi connectivity index (χ1v) is 7.71. The number of hydrogen-bond donors (Lipinski definition) is 1. The first-order chi connectivity index (χ1) is 10.1. The van der Waals surface area contributed by atoms with Crippen LogP contribution in [0.4, 0.5) is 0 Å². The molecule has 0 unspecified atom stereocenters. The van der Waals surface area contributed by atoms with Gasteiger partial charge < -0.3 is 14.6 Å². The van der Waals surface area contributed by atoms with E-state index in [9.17, 15) is 4.79 Å². The topological polar surface area (TPSA) is 55.8 Å². The third-order valence-corrected chi connectivity index (χ3v) is 4.05. The number of carboxylic acids is 1. The van der Waals surface area contributed by atoms with E-state index in [0.717, 1.165) is 11.0 Å². The summed E-state index contributed by atoms with van der Waals surface area (Å²) in [6.07, 6.45) is 2.58. The van der Waals surface area contributed by atoms with Crippen molar-refractivity contribution in [3.8, 4) is 11.5 Å². The number of ether oxygens (including phenoxy) is 2. The Hall–Kier alpha value is -1.79. The molecule has 6 heteroatoms. The minimum absolute atomic E-state index is 0.455. The van der Waals surface area contributed by atoms with Crippen LogP contribution >= 0.6 is 27.3 Å². The van der Waals surface area contributed by atoms with E-state index in [1.807, 2.05) is 17.5 Å². The maximum absolute atomic E-state index is 10.6. The molecule has 4 nitrogen and oxygen atoms in total. The highest BCUT2D eigenvalue weighted by molar-refractivity contribution is 9.10. The zero-order valence-electron chi connectivity index (χ0n) is 11.2. The van der Waals surface area contributed by atoms with Crippen molar-refractivity contribution in [2.24, 2.45) is 0 Å². The van der Waals surface area contributed by atoms with Crippen LogP contribution in [-0.4, -0.2) is 18.2 Å². The van der Waals surface area contributed by atoms with Crippen LogP contribution in [0.25, 0.3) is 6.08 Å². The molecule has 0 aliphatic carbocycles. The molecule has 1 aromatic heterocycles. The van der Waals surface area contributed by atoms with Gasteiger partial charge >= 0.3 is 5.97 Å². The molecular formula is C15H13BrO4S. The fourth-order valence-corrected chi connectivity index (χ4v) is 2.87. The van der Waals surface area contributed by atoms with Crippen molar-refractivity contribution in [2.75, 3.05) is 7.11 Å². The molecule has 0 radical (unpaired) electrons. The Bertz CT molecular complexity index is 650. The van der Waals surface area contributed by atoms with Gasteiger partial charge in [0.25, 0.3) is 0 Å². The summed E-state index contributed by atoms with van der Waals surface area (Å²) in [4.78, 5) is 11.7. The van der Waals surface area contributed by atoms with Crippen LogP contribution in [0.1, 0.15) is 10.4 Å². The zero-order valence-corrected chi connectivity index (χ0v) is 13.6. The molecule has 0 atom stereocenters. The molecule has 2 rings (SSSR count). The second-order valence-corrected chi connectivity index (χ2v) is 5.96. The predicted molar refractivity (Wildman–Crippen MR) is 86.0 cm³/mol. The van der Waals surface area contributed by atoms with Gasteiger partial charge in [-0.3, -0.25) is 0 Å². The number of halogens is 1. The van der Waals surface area contributed by atoms with Crippen LogP contribution in [-0.2, 0) is 11.4 Å². The highest BCUT2D eigenvalue weighted by Gasteiger charge is 2.11. The van der Waals surface area contributed by atoms with Gasteiger partial charge in [-0.05, 0) is 51.1 Å². The average molecular weight is 369 g/mol. The van der Waals surface area contributed by atoms with Gasteiger partial charge in [-0.2, -0.15) is 0 Å². The highest BCUT2D eigenvalue weighted by atomic mass is 79.9. The van der Waals surface area contributed by atoms with E-state index in [4.69, 9.17) is 14.6 Å². The predicted octanol–water partition coefficient (Wildman–Crippen LogP) is 4.20. The fraction of sp³-hybridized carbons (Fsp3) is 0.133. The van der Waals surface area contributed by atoms with E-state index in [-0.39, 0.29) is 0 Å². The van der Waals surface area contributed by atoms with E-state index in [0.29, 0.717) is 28.1 Å². The van der Waals surface area contributed by atoms with Gasteiger partial charge in [0.2, 0.25) is 0 Å². The minimum Gasteiger partial charge on any atom is -0.493 e. The van der Waals surface area contributed by atoms with E-state index in [2.05, 4.69) is 15.9 Å². The lowest BCUT2D eigenvalue weighted by Crippen LogP contribution is -1.97. The first-order valence-electron chi connectivity index (χ1n) is 6.04. The summed E-state index contributed by atoms with van der Waals surface area (Å²) in [5, 5.41) is 10.7. The van der Waals surface area contributed by atoms with Gasteiger partial charge in [0.05, 0.1) is 11.6 Å². The molecular weight excluding hydrogens is 356 g/mol. The van der Waals surface area contributed by atoms with Crippen molar-refractivity contribution < 1.29 is 19.4 Å². The lowest BCUT2D eigenvalue weighted by molar-refractivity contribution is -0.131. The summed E-state index contributed by atoms with van der Waals surface area (Å²) in [7, 11) is 1.55. The molecule has 1 heterocycles. The molecule has 110 valence electrons. The summed E-state index contributed by atoms with van der Waals surface area (Å²) in [5.74, 6) is 0.146. The quantitative estimate of drug-likeness (QED) is 0.776. The maximum atomic E-state index is 10.6. The Morgan fingerprint density at radius 3 is 2.90 bits per heavy atom. The van der Waals surface area contributed by atoms with Crippen molar-refractivity contribution in [1.82, 2.24) is 0 Å². The van der Waals surface area contributed by atoms with Crippen LogP contribution in [0.5, 0.6) is 11.5 Å². The smallest absolute Gasteiger partial charge is 0.328 e. The largest absolute Gasteiger partial charge is 0.493 e. The van der Waals surface area contributed by atoms with E-state index >= 15 is 0 Å². The first kappa shape index (κ1) is 15.6. The molecule has 0 bridgehead atoms. The van der Waals surface area contributed by atoms with Crippen molar-refractivity contribution in [3.63, 3.8) is 0 Å². The van der Waals surface area contributed by atoms with Gasteiger partial charge in [-0.15, -0.1) is 11.3 Å². The monoisotopic (exact) mass is 368 g/mol. The molecule has 0 saturated carbocycles. The van der Waals surface area contributed by atoms with Gasteiger partial charge in [0.1, 0.15) is 6.61 Å². The van der Waals surface area contributed by atoms with E-state index < -0.39 is 5.97 Å². The second-order valence-electron chi connectivity index (χ2n) is 4.07. The molecule has 0 aliphatic rings. The number of hydrogen-bond acceptors (Lipinski definition) is 4. The Labute approximate surface area is 134 Å². The number of carbonyl (C=O) groups is 1. The zero-order chi connectivity index (χ0) is 15.2. The molecule has 0 spiro atoms. The molecule has 0 aliphatic heterocycles. The lowest BCUT2D eigenvalue weighted by Gasteiger charge is -2.13. The van der Waals surface area contributed by atoms with Gasteiger partial charge in [0, 0.05) is 11.0 Å². The SMILES string of the molecule is COc1cc(/C=C/C(=O)O)cc(Br)c1OCc1cccs1. The number of carboxylic acid groups (broad SMARTS) is 1. The number of benzene rings is 1. The molecule has 0 saturated heterocycles. The van der Waals surface area contributed by atoms with Crippen molar-refractivity contribution in [2.45, 2.75) is 6.61 Å². The Balaban J connectivity index is 2.22. The lowest BCUT2D eigenvalue weighted by atomic mass is 10.2. The molecule has 0 amide bonds. The van der Waals surface area contributed by atoms with Gasteiger partial charge in [-0.1, -0.05) is 6.07 Å². The Kier molecular flexibility index (Phi) is 5.41. The number of thiophene rings is 1. The second kappa shape index (κ2) is 7.28. The maximum Gasteiger partial charge on any atom is 0.328 e. The van der Waals surface area contributed by atoms with Crippen molar-refractivity contribution in [1.29, 1.82) is 0 Å². The normalized spacial score (nSPS) is 10.8. The van der Waals surface area contributed by atoms with Crippen LogP contribution in [0.3, 0.4) is 0 Å². The standard InChI is InChI=1S/C15H13BrO4S/c1-19-13-8-10(4-5-14(17)18)7-12(16)15(13)20-9-11-3-2-6-21-11/h2-8H,9H2,1H3,(H,17,18)/b5-4+. The summed E-state index contributed by atoms with van der Waals surface area (Å²) >= 11 is 5.05. The summed E-state index contributed by atoms with van der Waals surface area (Å²) in [6, 6.07) is 7.48. The summed E-state index contributed by atoms with van der Waals surface area (Å²) < 4.78 is 11.8. The molecule has 2 aromatic rings. The van der Waals surface area contributed by atoms with Crippen molar-refractivity contribution >= 4 is 39.3 Å². The highest BCUT2D eigenvalue weighted by Crippen LogP contribution is 2.37. The molecule has 1 aromatic carbocycles. The third-order valence-electron chi connectivity index (χ3n) is 2.61. The Morgan fingerprint density at radius 1 is 1.48 bits per heavy atom. The number of rotatable bonds is 6. The van der Waals surface area contributed by atoms with Gasteiger partial charge in [0.15, 0.2) is 11.5 Å². The van der Waals surface area contributed by atoms with E-state index in [1.165, 1.54) is 6.08 Å². The Morgan fingerprint density at radius 2 is 2.29 bits per heavy atom. The third kappa shape index (κ3) is 4.34. The molecule has 0 fully saturated rings. The number of methoxy groups -OCH3 is 1. The van der Waals surface area contributed by atoms with E-state index in [1.54, 1.807) is 30.6 Å². The van der Waals surface area contributed by atoms with Crippen LogP contribution < -0.4 is 9.47 Å². The average Bonchev–Trinajstić information content (AvgIpc) is 2.96. The van der Waals surface area contributed by atoms with Crippen LogP contribution in [0.2, 0.25) is 0 Å². The van der Waals surface area contributed by atoms with Crippen LogP contribution in [0.15, 0.2) is 40.2 Å². The van der Waals surface area contributed by atoms with Crippen molar-refractivity contribution in [3.05, 3.63) is 50.6 Å².